The second-order valence-corrected chi connectivity index (χ2v) is 6.34. The Morgan fingerprint density at radius 1 is 1.33 bits per heavy atom. The van der Waals surface area contributed by atoms with E-state index >= 15 is 0 Å². The Morgan fingerprint density at radius 2 is 2.00 bits per heavy atom. The standard InChI is InChI=1S/C15H15Cl3N4O2/c1-7-13(18)8(2)22(20-7)9(3)15(23)24-21-14(19)11-5-4-10(16)6-12(11)17/h4-6,9H,1-3H3,(H2,19,21). The summed E-state index contributed by atoms with van der Waals surface area (Å²) in [5.41, 5.74) is 7.50. The smallest absolute Gasteiger partial charge is 0.359 e. The summed E-state index contributed by atoms with van der Waals surface area (Å²) in [5, 5.41) is 9.11. The Labute approximate surface area is 154 Å². The number of carbonyl (C=O) groups excluding carboxylic acids is 1. The van der Waals surface area contributed by atoms with Crippen molar-refractivity contribution in [3.63, 3.8) is 0 Å². The van der Waals surface area contributed by atoms with Gasteiger partial charge in [0.2, 0.25) is 0 Å². The molecule has 6 nitrogen and oxygen atoms in total. The van der Waals surface area contributed by atoms with E-state index in [0.717, 1.165) is 0 Å². The van der Waals surface area contributed by atoms with Crippen molar-refractivity contribution in [2.24, 2.45) is 10.9 Å². The minimum atomic E-state index is -0.714. The van der Waals surface area contributed by atoms with Crippen LogP contribution in [-0.2, 0) is 9.63 Å². The first-order valence-electron chi connectivity index (χ1n) is 6.93. The molecule has 0 amide bonds. The summed E-state index contributed by atoms with van der Waals surface area (Å²) < 4.78 is 1.47. The molecule has 0 aliphatic carbocycles. The lowest BCUT2D eigenvalue weighted by Crippen LogP contribution is -2.22. The van der Waals surface area contributed by atoms with Crippen LogP contribution >= 0.6 is 34.8 Å². The predicted molar refractivity (Wildman–Crippen MR) is 94.7 cm³/mol. The van der Waals surface area contributed by atoms with Crippen molar-refractivity contribution >= 4 is 46.6 Å². The van der Waals surface area contributed by atoms with E-state index in [-0.39, 0.29) is 5.84 Å². The molecule has 0 bridgehead atoms. The molecular formula is C15H15Cl3N4O2. The van der Waals surface area contributed by atoms with Gasteiger partial charge in [-0.3, -0.25) is 4.68 Å². The van der Waals surface area contributed by atoms with Crippen LogP contribution in [0, 0.1) is 13.8 Å². The van der Waals surface area contributed by atoms with E-state index in [1.54, 1.807) is 32.9 Å². The number of hydrogen-bond donors (Lipinski definition) is 1. The largest absolute Gasteiger partial charge is 0.380 e. The second-order valence-electron chi connectivity index (χ2n) is 5.12. The van der Waals surface area contributed by atoms with Gasteiger partial charge in [-0.15, -0.1) is 0 Å². The Balaban J connectivity index is 2.15. The minimum Gasteiger partial charge on any atom is -0.380 e. The molecule has 0 saturated carbocycles. The number of nitrogens with two attached hydrogens (primary N) is 1. The Bertz CT molecular complexity index is 817. The summed E-state index contributed by atoms with van der Waals surface area (Å²) in [5.74, 6) is -0.672. The van der Waals surface area contributed by atoms with Gasteiger partial charge in [0.25, 0.3) is 0 Å². The number of aryl methyl sites for hydroxylation is 1. The van der Waals surface area contributed by atoms with Crippen molar-refractivity contribution in [3.8, 4) is 0 Å². The first-order valence-corrected chi connectivity index (χ1v) is 8.06. The fourth-order valence-electron chi connectivity index (χ4n) is 2.04. The molecule has 2 rings (SSSR count). The van der Waals surface area contributed by atoms with E-state index in [4.69, 9.17) is 45.4 Å². The van der Waals surface area contributed by atoms with Gasteiger partial charge in [-0.25, -0.2) is 4.79 Å². The van der Waals surface area contributed by atoms with Crippen molar-refractivity contribution in [2.45, 2.75) is 26.8 Å². The molecule has 2 aromatic rings. The highest BCUT2D eigenvalue weighted by Gasteiger charge is 2.22. The maximum absolute atomic E-state index is 12.1. The van der Waals surface area contributed by atoms with Gasteiger partial charge in [0.05, 0.1) is 21.4 Å². The molecule has 1 atom stereocenters. The molecule has 0 aliphatic heterocycles. The number of nitrogens with zero attached hydrogens (tertiary/aromatic N) is 3. The number of halogens is 3. The van der Waals surface area contributed by atoms with E-state index in [1.807, 2.05) is 0 Å². The molecule has 2 N–H and O–H groups in total. The molecule has 0 fully saturated rings. The summed E-state index contributed by atoms with van der Waals surface area (Å²) in [7, 11) is 0. The average Bonchev–Trinajstić information content (AvgIpc) is 2.79. The molecule has 128 valence electrons. The van der Waals surface area contributed by atoms with Crippen LogP contribution in [0.1, 0.15) is 29.9 Å². The van der Waals surface area contributed by atoms with Gasteiger partial charge in [0.15, 0.2) is 5.84 Å². The lowest BCUT2D eigenvalue weighted by molar-refractivity contribution is -0.147. The van der Waals surface area contributed by atoms with E-state index in [1.165, 1.54) is 10.7 Å². The summed E-state index contributed by atoms with van der Waals surface area (Å²) >= 11 is 17.9. The Hall–Kier alpha value is -1.76. The number of oxime groups is 1. The highest BCUT2D eigenvalue weighted by Crippen LogP contribution is 2.23. The molecule has 1 aromatic heterocycles. The highest BCUT2D eigenvalue weighted by atomic mass is 35.5. The molecule has 9 heteroatoms. The van der Waals surface area contributed by atoms with Gasteiger partial charge in [-0.05, 0) is 39.0 Å². The fourth-order valence-corrected chi connectivity index (χ4v) is 2.67. The molecule has 0 spiro atoms. The molecule has 1 aromatic carbocycles. The molecule has 24 heavy (non-hydrogen) atoms. The van der Waals surface area contributed by atoms with Crippen molar-refractivity contribution in [1.29, 1.82) is 0 Å². The Kier molecular flexibility index (Phi) is 5.74. The molecular weight excluding hydrogens is 375 g/mol. The molecule has 0 radical (unpaired) electrons. The van der Waals surface area contributed by atoms with Crippen molar-refractivity contribution in [2.75, 3.05) is 0 Å². The van der Waals surface area contributed by atoms with Gasteiger partial charge in [0.1, 0.15) is 6.04 Å². The highest BCUT2D eigenvalue weighted by molar-refractivity contribution is 6.36. The van der Waals surface area contributed by atoms with Crippen LogP contribution in [-0.4, -0.2) is 21.6 Å². The van der Waals surface area contributed by atoms with Gasteiger partial charge in [-0.1, -0.05) is 40.0 Å². The zero-order chi connectivity index (χ0) is 18.0. The predicted octanol–water partition coefficient (Wildman–Crippen LogP) is 3.88. The first-order chi connectivity index (χ1) is 11.2. The lowest BCUT2D eigenvalue weighted by Gasteiger charge is -2.11. The zero-order valence-corrected chi connectivity index (χ0v) is 15.4. The van der Waals surface area contributed by atoms with E-state index in [9.17, 15) is 4.79 Å². The number of amidine groups is 1. The van der Waals surface area contributed by atoms with Crippen molar-refractivity contribution < 1.29 is 9.63 Å². The van der Waals surface area contributed by atoms with Crippen LogP contribution < -0.4 is 5.73 Å². The molecule has 0 saturated heterocycles. The zero-order valence-electron chi connectivity index (χ0n) is 13.2. The SMILES string of the molecule is Cc1nn(C(C)C(=O)O/N=C(\N)c2ccc(Cl)cc2Cl)c(C)c1Cl. The average molecular weight is 390 g/mol. The fraction of sp³-hybridized carbons (Fsp3) is 0.267. The molecule has 0 aliphatic rings. The van der Waals surface area contributed by atoms with Crippen LogP contribution in [0.5, 0.6) is 0 Å². The third-order valence-electron chi connectivity index (χ3n) is 3.39. The minimum absolute atomic E-state index is 0.0383. The number of hydrogen-bond acceptors (Lipinski definition) is 4. The van der Waals surface area contributed by atoms with Crippen LogP contribution in [0.3, 0.4) is 0 Å². The summed E-state index contributed by atoms with van der Waals surface area (Å²) in [6, 6.07) is 3.99. The van der Waals surface area contributed by atoms with Crippen molar-refractivity contribution in [1.82, 2.24) is 9.78 Å². The van der Waals surface area contributed by atoms with Crippen molar-refractivity contribution in [3.05, 3.63) is 50.2 Å². The summed E-state index contributed by atoms with van der Waals surface area (Å²) in [4.78, 5) is 17.0. The number of benzene rings is 1. The van der Waals surface area contributed by atoms with Crippen LogP contribution in [0.25, 0.3) is 0 Å². The van der Waals surface area contributed by atoms with E-state index in [0.29, 0.717) is 32.0 Å². The maximum Gasteiger partial charge on any atom is 0.359 e. The third kappa shape index (κ3) is 3.83. The Morgan fingerprint density at radius 3 is 2.54 bits per heavy atom. The monoisotopic (exact) mass is 388 g/mol. The van der Waals surface area contributed by atoms with Gasteiger partial charge in [0, 0.05) is 10.6 Å². The second kappa shape index (κ2) is 7.42. The topological polar surface area (TPSA) is 82.5 Å². The van der Waals surface area contributed by atoms with Crippen LogP contribution in [0.2, 0.25) is 15.1 Å². The van der Waals surface area contributed by atoms with E-state index < -0.39 is 12.0 Å². The van der Waals surface area contributed by atoms with Gasteiger partial charge in [-0.2, -0.15) is 5.10 Å². The normalized spacial score (nSPS) is 13.0. The number of aromatic nitrogens is 2. The third-order valence-corrected chi connectivity index (χ3v) is 4.48. The summed E-state index contributed by atoms with van der Waals surface area (Å²) in [6.07, 6.45) is 0. The van der Waals surface area contributed by atoms with Gasteiger partial charge < -0.3 is 10.6 Å². The van der Waals surface area contributed by atoms with Crippen LogP contribution in [0.4, 0.5) is 0 Å². The number of carbonyl (C=O) groups is 1. The molecule has 1 heterocycles. The quantitative estimate of drug-likeness (QED) is 0.372. The molecule has 1 unspecified atom stereocenters. The first kappa shape index (κ1) is 18.6. The summed E-state index contributed by atoms with van der Waals surface area (Å²) in [6.45, 7) is 5.14. The number of rotatable bonds is 4. The lowest BCUT2D eigenvalue weighted by atomic mass is 10.2. The van der Waals surface area contributed by atoms with Crippen LogP contribution in [0.15, 0.2) is 23.4 Å². The van der Waals surface area contributed by atoms with E-state index in [2.05, 4.69) is 10.3 Å². The maximum atomic E-state index is 12.1. The van der Waals surface area contributed by atoms with Gasteiger partial charge >= 0.3 is 5.97 Å².